The van der Waals surface area contributed by atoms with E-state index in [1.165, 1.54) is 4.68 Å². The first-order valence-corrected chi connectivity index (χ1v) is 6.57. The Balaban J connectivity index is 2.40. The van der Waals surface area contributed by atoms with Crippen molar-refractivity contribution in [3.05, 3.63) is 49.5 Å². The smallest absolute Gasteiger partial charge is 0.339 e. The number of hydrogen-bond acceptors (Lipinski definition) is 5. The second-order valence-corrected chi connectivity index (χ2v) is 5.28. The highest BCUT2D eigenvalue weighted by Crippen LogP contribution is 2.31. The molecule has 0 aliphatic carbocycles. The summed E-state index contributed by atoms with van der Waals surface area (Å²) in [6, 6.07) is 4.86. The molecule has 1 aromatic heterocycles. The monoisotopic (exact) mass is 311 g/mol. The van der Waals surface area contributed by atoms with E-state index in [1.807, 2.05) is 0 Å². The van der Waals surface area contributed by atoms with Crippen molar-refractivity contribution in [1.29, 1.82) is 5.41 Å². The predicted octanol–water partition coefficient (Wildman–Crippen LogP) is 0.557. The fourth-order valence-electron chi connectivity index (χ4n) is 1.40. The third-order valence-corrected chi connectivity index (χ3v) is 3.94. The van der Waals surface area contributed by atoms with E-state index in [4.69, 9.17) is 22.7 Å². The topological polar surface area (TPSA) is 118 Å². The average Bonchev–Trinajstić information content (AvgIpc) is 2.37. The number of aryl methyl sites for hydroxylation is 1. The number of H-pyrrole nitrogens is 1. The zero-order chi connectivity index (χ0) is 14.9. The minimum Gasteiger partial charge on any atom is -0.384 e. The van der Waals surface area contributed by atoms with Gasteiger partial charge in [-0.05, 0) is 23.9 Å². The Kier molecular flexibility index (Phi) is 3.96. The third-order valence-electron chi connectivity index (χ3n) is 2.39. The summed E-state index contributed by atoms with van der Waals surface area (Å²) in [6.07, 6.45) is 0. The van der Waals surface area contributed by atoms with Crippen molar-refractivity contribution in [1.82, 2.24) is 14.8 Å². The first-order valence-electron chi connectivity index (χ1n) is 5.37. The fraction of sp³-hybridized carbons (Fsp3) is 0.0909. The molecule has 9 heteroatoms. The quantitative estimate of drug-likeness (QED) is 0.435. The average molecular weight is 312 g/mol. The molecule has 20 heavy (non-hydrogen) atoms. The summed E-state index contributed by atoms with van der Waals surface area (Å²) in [5.74, 6) is -0.0852. The molecule has 0 aliphatic rings. The zero-order valence-electron chi connectivity index (χ0n) is 10.3. The first kappa shape index (κ1) is 14.4. The van der Waals surface area contributed by atoms with Crippen LogP contribution in [0.15, 0.2) is 37.8 Å². The van der Waals surface area contributed by atoms with E-state index in [-0.39, 0.29) is 5.84 Å². The van der Waals surface area contributed by atoms with E-state index in [2.05, 4.69) is 10.1 Å². The summed E-state index contributed by atoms with van der Waals surface area (Å²) in [4.78, 5) is 26.7. The molecule has 0 atom stereocenters. The number of nitrogens with zero attached hydrogens (tertiary/aromatic N) is 2. The van der Waals surface area contributed by atoms with Gasteiger partial charge < -0.3 is 5.73 Å². The van der Waals surface area contributed by atoms with Crippen molar-refractivity contribution < 1.29 is 0 Å². The van der Waals surface area contributed by atoms with Crippen LogP contribution in [0, 0.1) is 5.41 Å². The maximum absolute atomic E-state index is 11.3. The number of nitrogen functional groups attached to an aromatic ring is 1. The van der Waals surface area contributed by atoms with E-state index in [9.17, 15) is 9.59 Å². The Hall–Kier alpha value is -2.06. The minimum atomic E-state index is -0.859. The molecular formula is C11H10ClN5O2S. The highest BCUT2D eigenvalue weighted by atomic mass is 35.5. The van der Waals surface area contributed by atoms with Gasteiger partial charge in [0.25, 0.3) is 0 Å². The highest BCUT2D eigenvalue weighted by Gasteiger charge is 2.10. The van der Waals surface area contributed by atoms with Gasteiger partial charge in [-0.25, -0.2) is 0 Å². The first-order chi connectivity index (χ1) is 9.38. The molecule has 1 heterocycles. The normalized spacial score (nSPS) is 10.5. The number of amidine groups is 1. The van der Waals surface area contributed by atoms with Crippen LogP contribution in [-0.4, -0.2) is 20.6 Å². The number of rotatable bonds is 3. The van der Waals surface area contributed by atoms with Gasteiger partial charge in [-0.3, -0.25) is 24.8 Å². The molecule has 0 aliphatic heterocycles. The van der Waals surface area contributed by atoms with Crippen molar-refractivity contribution in [2.45, 2.75) is 10.1 Å². The van der Waals surface area contributed by atoms with Crippen LogP contribution in [0.4, 0.5) is 0 Å². The molecule has 7 nitrogen and oxygen atoms in total. The zero-order valence-corrected chi connectivity index (χ0v) is 11.9. The Labute approximate surface area is 122 Å². The predicted molar refractivity (Wildman–Crippen MR) is 76.7 cm³/mol. The van der Waals surface area contributed by atoms with Gasteiger partial charge in [0.05, 0.1) is 5.02 Å². The van der Waals surface area contributed by atoms with Crippen molar-refractivity contribution >= 4 is 29.2 Å². The number of aromatic nitrogens is 3. The summed E-state index contributed by atoms with van der Waals surface area (Å²) in [5, 5.41) is 10.3. The molecule has 2 aromatic rings. The molecule has 0 bridgehead atoms. The van der Waals surface area contributed by atoms with Gasteiger partial charge in [0.15, 0.2) is 5.16 Å². The number of aromatic amines is 1. The maximum atomic E-state index is 11.3. The fourth-order valence-corrected chi connectivity index (χ4v) is 2.50. The van der Waals surface area contributed by atoms with Crippen LogP contribution in [0.2, 0.25) is 5.02 Å². The van der Waals surface area contributed by atoms with Crippen LogP contribution in [0.1, 0.15) is 5.56 Å². The van der Waals surface area contributed by atoms with Crippen LogP contribution >= 0.6 is 23.4 Å². The molecule has 104 valence electrons. The van der Waals surface area contributed by atoms with Crippen molar-refractivity contribution in [3.8, 4) is 0 Å². The molecule has 2 rings (SSSR count). The van der Waals surface area contributed by atoms with E-state index >= 15 is 0 Å². The van der Waals surface area contributed by atoms with Crippen molar-refractivity contribution in [3.63, 3.8) is 0 Å². The van der Waals surface area contributed by atoms with Gasteiger partial charge in [-0.2, -0.15) is 4.98 Å². The summed E-state index contributed by atoms with van der Waals surface area (Å²) in [7, 11) is 1.56. The Bertz CT molecular complexity index is 798. The molecule has 0 amide bonds. The van der Waals surface area contributed by atoms with Gasteiger partial charge in [0.1, 0.15) is 5.84 Å². The molecule has 1 aromatic carbocycles. The van der Waals surface area contributed by atoms with Gasteiger partial charge in [-0.1, -0.05) is 17.7 Å². The number of nitrogens with one attached hydrogen (secondary N) is 2. The molecule has 0 spiro atoms. The maximum Gasteiger partial charge on any atom is 0.339 e. The van der Waals surface area contributed by atoms with Crippen molar-refractivity contribution in [2.75, 3.05) is 0 Å². The summed E-state index contributed by atoms with van der Waals surface area (Å²) < 4.78 is 1.34. The Morgan fingerprint density at radius 2 is 2.20 bits per heavy atom. The molecule has 0 unspecified atom stereocenters. The van der Waals surface area contributed by atoms with Crippen molar-refractivity contribution in [2.24, 2.45) is 12.8 Å². The number of benzene rings is 1. The number of halogens is 1. The van der Waals surface area contributed by atoms with Gasteiger partial charge >= 0.3 is 11.1 Å². The molecule has 0 fully saturated rings. The lowest BCUT2D eigenvalue weighted by molar-refractivity contribution is 0.596. The molecule has 0 saturated carbocycles. The van der Waals surface area contributed by atoms with E-state index < -0.39 is 11.1 Å². The van der Waals surface area contributed by atoms with Gasteiger partial charge in [-0.15, -0.1) is 0 Å². The summed E-state index contributed by atoms with van der Waals surface area (Å²) in [6.45, 7) is 0. The summed E-state index contributed by atoms with van der Waals surface area (Å²) in [5.41, 5.74) is 4.23. The largest absolute Gasteiger partial charge is 0.384 e. The lowest BCUT2D eigenvalue weighted by Gasteiger charge is -2.08. The van der Waals surface area contributed by atoms with Crippen LogP contribution < -0.4 is 16.9 Å². The van der Waals surface area contributed by atoms with E-state index in [1.54, 1.807) is 25.2 Å². The SMILES string of the molecule is Cn1[nH]c(=O)c(=O)nc1Sc1ccc(C(=N)N)cc1Cl. The van der Waals surface area contributed by atoms with Crippen LogP contribution in [0.3, 0.4) is 0 Å². The third kappa shape index (κ3) is 2.91. The van der Waals surface area contributed by atoms with Crippen LogP contribution in [-0.2, 0) is 7.05 Å². The van der Waals surface area contributed by atoms with Gasteiger partial charge in [0.2, 0.25) is 0 Å². The molecular weight excluding hydrogens is 302 g/mol. The van der Waals surface area contributed by atoms with E-state index in [0.29, 0.717) is 20.6 Å². The minimum absolute atomic E-state index is 0.0852. The second-order valence-electron chi connectivity index (χ2n) is 3.86. The van der Waals surface area contributed by atoms with E-state index in [0.717, 1.165) is 11.8 Å². The standard InChI is InChI=1S/C11H10ClN5O2S/c1-17-11(15-9(18)10(19)16-17)20-7-3-2-5(8(13)14)4-6(7)12/h2-4H,1H3,(H3,13,14)(H,16,19). The Morgan fingerprint density at radius 1 is 1.50 bits per heavy atom. The second kappa shape index (κ2) is 5.51. The Morgan fingerprint density at radius 3 is 2.80 bits per heavy atom. The lowest BCUT2D eigenvalue weighted by Crippen LogP contribution is -2.33. The molecule has 0 radical (unpaired) electrons. The molecule has 0 saturated heterocycles. The van der Waals surface area contributed by atoms with Gasteiger partial charge in [0, 0.05) is 17.5 Å². The van der Waals surface area contributed by atoms with Crippen LogP contribution in [0.25, 0.3) is 0 Å². The highest BCUT2D eigenvalue weighted by molar-refractivity contribution is 7.99. The number of hydrogen-bond donors (Lipinski definition) is 3. The summed E-state index contributed by atoms with van der Waals surface area (Å²) >= 11 is 7.21. The number of nitrogens with two attached hydrogens (primary N) is 1. The lowest BCUT2D eigenvalue weighted by atomic mass is 10.2. The molecule has 4 N–H and O–H groups in total. The van der Waals surface area contributed by atoms with Crippen LogP contribution in [0.5, 0.6) is 0 Å².